The minimum absolute atomic E-state index is 0.221. The van der Waals surface area contributed by atoms with Crippen molar-refractivity contribution in [1.29, 1.82) is 5.26 Å². The number of nitrogens with one attached hydrogen (secondary N) is 2. The third-order valence-electron chi connectivity index (χ3n) is 3.73. The second-order valence-electron chi connectivity index (χ2n) is 6.06. The molecule has 0 aliphatic heterocycles. The fourth-order valence-corrected chi connectivity index (χ4v) is 3.39. The second kappa shape index (κ2) is 9.27. The van der Waals surface area contributed by atoms with Gasteiger partial charge < -0.3 is 10.1 Å². The van der Waals surface area contributed by atoms with Gasteiger partial charge in [-0.3, -0.25) is 9.59 Å². The summed E-state index contributed by atoms with van der Waals surface area (Å²) in [7, 11) is -4.08. The van der Waals surface area contributed by atoms with Crippen molar-refractivity contribution in [2.75, 3.05) is 5.32 Å². The molecule has 2 N–H and O–H groups in total. The molecule has 0 saturated carbocycles. The first-order valence-corrected chi connectivity index (χ1v) is 9.90. The Morgan fingerprint density at radius 2 is 1.79 bits per heavy atom. The molecule has 0 spiro atoms. The SMILES string of the molecule is C[C@H](NS(=O)(=O)c1ccc(F)cc1)C(=O)O[C@@H](C)C(=O)Nc1cccc(C#N)c1. The summed E-state index contributed by atoms with van der Waals surface area (Å²) in [5.74, 6) is -2.22. The Kier molecular flexibility index (Phi) is 7.03. The van der Waals surface area contributed by atoms with Gasteiger partial charge in [-0.2, -0.15) is 9.98 Å². The maximum absolute atomic E-state index is 12.9. The van der Waals surface area contributed by atoms with E-state index in [0.29, 0.717) is 11.3 Å². The van der Waals surface area contributed by atoms with E-state index in [0.717, 1.165) is 24.3 Å². The predicted octanol–water partition coefficient (Wildman–Crippen LogP) is 1.93. The van der Waals surface area contributed by atoms with Gasteiger partial charge in [0.25, 0.3) is 5.91 Å². The number of sulfonamides is 1. The van der Waals surface area contributed by atoms with Crippen LogP contribution in [-0.2, 0) is 24.3 Å². The van der Waals surface area contributed by atoms with Crippen molar-refractivity contribution in [3.63, 3.8) is 0 Å². The van der Waals surface area contributed by atoms with Crippen LogP contribution in [0.3, 0.4) is 0 Å². The highest BCUT2D eigenvalue weighted by Crippen LogP contribution is 2.12. The minimum Gasteiger partial charge on any atom is -0.451 e. The highest BCUT2D eigenvalue weighted by Gasteiger charge is 2.26. The largest absolute Gasteiger partial charge is 0.451 e. The van der Waals surface area contributed by atoms with Gasteiger partial charge in [0, 0.05) is 5.69 Å². The number of esters is 1. The van der Waals surface area contributed by atoms with Crippen molar-refractivity contribution < 1.29 is 27.1 Å². The zero-order chi connectivity index (χ0) is 21.6. The number of anilines is 1. The highest BCUT2D eigenvalue weighted by molar-refractivity contribution is 7.89. The Labute approximate surface area is 167 Å². The van der Waals surface area contributed by atoms with Crippen LogP contribution in [0.15, 0.2) is 53.4 Å². The molecule has 0 saturated heterocycles. The monoisotopic (exact) mass is 419 g/mol. The van der Waals surface area contributed by atoms with Crippen molar-refractivity contribution >= 4 is 27.6 Å². The van der Waals surface area contributed by atoms with Crippen LogP contribution in [0, 0.1) is 17.1 Å². The molecule has 2 atom stereocenters. The van der Waals surface area contributed by atoms with Gasteiger partial charge in [0.2, 0.25) is 10.0 Å². The quantitative estimate of drug-likeness (QED) is 0.661. The van der Waals surface area contributed by atoms with E-state index in [1.807, 2.05) is 6.07 Å². The van der Waals surface area contributed by atoms with Crippen molar-refractivity contribution in [2.24, 2.45) is 0 Å². The van der Waals surface area contributed by atoms with Gasteiger partial charge in [-0.05, 0) is 56.3 Å². The maximum atomic E-state index is 12.9. The number of halogens is 1. The minimum atomic E-state index is -4.08. The number of rotatable bonds is 7. The summed E-state index contributed by atoms with van der Waals surface area (Å²) in [4.78, 5) is 24.1. The van der Waals surface area contributed by atoms with E-state index < -0.39 is 39.9 Å². The molecule has 29 heavy (non-hydrogen) atoms. The first-order chi connectivity index (χ1) is 13.6. The molecular weight excluding hydrogens is 401 g/mol. The van der Waals surface area contributed by atoms with Gasteiger partial charge in [-0.15, -0.1) is 0 Å². The third-order valence-corrected chi connectivity index (χ3v) is 5.29. The van der Waals surface area contributed by atoms with Crippen molar-refractivity contribution in [3.05, 3.63) is 59.9 Å². The molecule has 0 aliphatic carbocycles. The zero-order valence-electron chi connectivity index (χ0n) is 15.5. The average molecular weight is 419 g/mol. The van der Waals surface area contributed by atoms with Crippen LogP contribution in [0.25, 0.3) is 0 Å². The van der Waals surface area contributed by atoms with E-state index in [-0.39, 0.29) is 4.90 Å². The summed E-state index contributed by atoms with van der Waals surface area (Å²) in [5.41, 5.74) is 0.693. The Balaban J connectivity index is 1.96. The predicted molar refractivity (Wildman–Crippen MR) is 102 cm³/mol. The summed E-state index contributed by atoms with van der Waals surface area (Å²) in [6.45, 7) is 2.58. The Bertz CT molecular complexity index is 1050. The molecule has 0 unspecified atom stereocenters. The van der Waals surface area contributed by atoms with Crippen LogP contribution in [0.2, 0.25) is 0 Å². The van der Waals surface area contributed by atoms with Crippen LogP contribution in [-0.4, -0.2) is 32.4 Å². The lowest BCUT2D eigenvalue weighted by Crippen LogP contribution is -2.42. The maximum Gasteiger partial charge on any atom is 0.324 e. The molecule has 0 aromatic heterocycles. The van der Waals surface area contributed by atoms with Gasteiger partial charge in [-0.25, -0.2) is 12.8 Å². The van der Waals surface area contributed by atoms with Gasteiger partial charge in [-0.1, -0.05) is 6.07 Å². The Hall–Kier alpha value is -3.29. The molecule has 0 bridgehead atoms. The molecule has 0 aliphatic rings. The van der Waals surface area contributed by atoms with E-state index in [1.165, 1.54) is 19.9 Å². The van der Waals surface area contributed by atoms with Crippen LogP contribution in [0.4, 0.5) is 10.1 Å². The Morgan fingerprint density at radius 3 is 2.41 bits per heavy atom. The normalized spacial score (nSPS) is 13.0. The highest BCUT2D eigenvalue weighted by atomic mass is 32.2. The van der Waals surface area contributed by atoms with Gasteiger partial charge >= 0.3 is 5.97 Å². The lowest BCUT2D eigenvalue weighted by molar-refractivity contribution is -0.154. The fourth-order valence-electron chi connectivity index (χ4n) is 2.20. The first-order valence-electron chi connectivity index (χ1n) is 8.42. The summed E-state index contributed by atoms with van der Waals surface area (Å²) in [6.07, 6.45) is -1.22. The van der Waals surface area contributed by atoms with E-state index in [1.54, 1.807) is 18.2 Å². The van der Waals surface area contributed by atoms with Crippen molar-refractivity contribution in [2.45, 2.75) is 30.9 Å². The number of nitrogens with zero attached hydrogens (tertiary/aromatic N) is 1. The van der Waals surface area contributed by atoms with E-state index in [4.69, 9.17) is 10.00 Å². The third kappa shape index (κ3) is 6.10. The van der Waals surface area contributed by atoms with Crippen LogP contribution in [0.5, 0.6) is 0 Å². The molecule has 1 amide bonds. The van der Waals surface area contributed by atoms with E-state index >= 15 is 0 Å². The lowest BCUT2D eigenvalue weighted by Gasteiger charge is -2.17. The van der Waals surface area contributed by atoms with Crippen molar-refractivity contribution in [3.8, 4) is 6.07 Å². The number of carbonyl (C=O) groups excluding carboxylic acids is 2. The summed E-state index contributed by atoms with van der Waals surface area (Å²) in [5, 5.41) is 11.4. The second-order valence-corrected chi connectivity index (χ2v) is 7.77. The number of benzene rings is 2. The number of carbonyl (C=O) groups is 2. The van der Waals surface area contributed by atoms with E-state index in [2.05, 4.69) is 10.0 Å². The molecule has 2 rings (SSSR count). The Morgan fingerprint density at radius 1 is 1.14 bits per heavy atom. The average Bonchev–Trinajstić information content (AvgIpc) is 2.67. The van der Waals surface area contributed by atoms with Crippen LogP contribution >= 0.6 is 0 Å². The number of amides is 1. The molecule has 0 radical (unpaired) electrons. The molecule has 10 heteroatoms. The fraction of sp³-hybridized carbons (Fsp3) is 0.211. The number of nitriles is 1. The molecule has 8 nitrogen and oxygen atoms in total. The van der Waals surface area contributed by atoms with Gasteiger partial charge in [0.15, 0.2) is 6.10 Å². The summed E-state index contributed by atoms with van der Waals surface area (Å²) >= 11 is 0. The number of hydrogen-bond donors (Lipinski definition) is 2. The molecular formula is C19H18FN3O5S. The smallest absolute Gasteiger partial charge is 0.324 e. The van der Waals surface area contributed by atoms with Crippen LogP contribution in [0.1, 0.15) is 19.4 Å². The summed E-state index contributed by atoms with van der Waals surface area (Å²) in [6, 6.07) is 10.9. The van der Waals surface area contributed by atoms with Gasteiger partial charge in [0.1, 0.15) is 11.9 Å². The number of ether oxygens (including phenoxy) is 1. The van der Waals surface area contributed by atoms with E-state index in [9.17, 15) is 22.4 Å². The van der Waals surface area contributed by atoms with Crippen LogP contribution < -0.4 is 10.0 Å². The molecule has 152 valence electrons. The number of hydrogen-bond acceptors (Lipinski definition) is 6. The standard InChI is InChI=1S/C19H18FN3O5S/c1-12(23-29(26,27)17-8-6-15(20)7-9-17)19(25)28-13(2)18(24)22-16-5-3-4-14(10-16)11-21/h3-10,12-13,23H,1-2H3,(H,22,24)/t12-,13-/m0/s1. The summed E-state index contributed by atoms with van der Waals surface area (Å²) < 4.78 is 44.5. The topological polar surface area (TPSA) is 125 Å². The van der Waals surface area contributed by atoms with Crippen molar-refractivity contribution in [1.82, 2.24) is 4.72 Å². The molecule has 2 aromatic rings. The van der Waals surface area contributed by atoms with Gasteiger partial charge in [0.05, 0.1) is 16.5 Å². The zero-order valence-corrected chi connectivity index (χ0v) is 16.4. The molecule has 0 heterocycles. The molecule has 2 aromatic carbocycles. The first kappa shape index (κ1) is 22.0. The lowest BCUT2D eigenvalue weighted by atomic mass is 10.2. The molecule has 0 fully saturated rings.